The first-order valence-electron chi connectivity index (χ1n) is 3.66. The second-order valence-corrected chi connectivity index (χ2v) is 4.84. The molecule has 0 fully saturated rings. The van der Waals surface area contributed by atoms with Crippen LogP contribution in [0.5, 0.6) is 0 Å². The number of anilines is 3. The fraction of sp³-hybridized carbons (Fsp3) is 0. The highest BCUT2D eigenvalue weighted by molar-refractivity contribution is 7.85. The van der Waals surface area contributed by atoms with Crippen LogP contribution in [0.2, 0.25) is 0 Å². The summed E-state index contributed by atoms with van der Waals surface area (Å²) in [6.45, 7) is 0. The number of hydrogen-bond donors (Lipinski definition) is 6. The molecule has 1 rings (SSSR count). The van der Waals surface area contributed by atoms with E-state index in [1.54, 1.807) is 0 Å². The Morgan fingerprint density at radius 3 is 1.39 bits per heavy atom. The van der Waals surface area contributed by atoms with Crippen LogP contribution < -0.4 is 17.2 Å². The molecule has 0 saturated heterocycles. The number of aromatic nitrogens is 3. The van der Waals surface area contributed by atoms with Gasteiger partial charge in [0.1, 0.15) is 0 Å². The Hall–Kier alpha value is -1.57. The van der Waals surface area contributed by atoms with Gasteiger partial charge < -0.3 is 27.0 Å². The first kappa shape index (κ1) is 16.4. The number of nitrogens with zero attached hydrogens (tertiary/aromatic N) is 3. The van der Waals surface area contributed by atoms with Crippen molar-refractivity contribution in [3.05, 3.63) is 0 Å². The summed E-state index contributed by atoms with van der Waals surface area (Å²) in [7, 11) is -10.2. The Labute approximate surface area is 100 Å². The van der Waals surface area contributed by atoms with Crippen molar-refractivity contribution in [3.63, 3.8) is 0 Å². The zero-order valence-corrected chi connectivity index (χ0v) is 10.1. The van der Waals surface area contributed by atoms with E-state index in [1.165, 1.54) is 0 Å². The third kappa shape index (κ3) is 9.64. The lowest BCUT2D eigenvalue weighted by Gasteiger charge is -1.97. The van der Waals surface area contributed by atoms with E-state index >= 15 is 0 Å². The maximum Gasteiger partial charge on any atom is 0.486 e. The number of phosphoric acid groups is 1. The van der Waals surface area contributed by atoms with Gasteiger partial charge in [0.05, 0.1) is 0 Å². The SMILES string of the molecule is Nc1nc(N)nc(N)n1.O=P(O)(O)OS(=O)(=O)O. The first-order valence-corrected chi connectivity index (χ1v) is 6.55. The molecule has 1 aromatic rings. The molecule has 0 atom stereocenters. The fourth-order valence-corrected chi connectivity index (χ4v) is 1.53. The standard InChI is InChI=1S/C3H6N6.H3O7PS/c4-1-7-2(5)9-3(6)8-1;1-8(2,3)7-9(4,5)6/h(H6,4,5,6,7,8,9);(H2,1,2,3)(H,4,5,6). The van der Waals surface area contributed by atoms with E-state index in [4.69, 9.17) is 31.5 Å². The lowest BCUT2D eigenvalue weighted by atomic mass is 10.9. The smallest absolute Gasteiger partial charge is 0.368 e. The largest absolute Gasteiger partial charge is 0.486 e. The van der Waals surface area contributed by atoms with Crippen molar-refractivity contribution in [2.75, 3.05) is 17.2 Å². The molecule has 1 aromatic heterocycles. The molecule has 1 heterocycles. The summed E-state index contributed by atoms with van der Waals surface area (Å²) < 4.78 is 39.0. The van der Waals surface area contributed by atoms with Crippen molar-refractivity contribution in [2.24, 2.45) is 0 Å². The van der Waals surface area contributed by atoms with Crippen molar-refractivity contribution < 1.29 is 31.3 Å². The fourth-order valence-electron chi connectivity index (χ4n) is 0.550. The number of nitrogens with two attached hydrogens (primary N) is 3. The summed E-state index contributed by atoms with van der Waals surface area (Å²) >= 11 is 0. The zero-order valence-electron chi connectivity index (χ0n) is 8.40. The van der Waals surface area contributed by atoms with Crippen LogP contribution in [0.1, 0.15) is 0 Å². The monoisotopic (exact) mass is 304 g/mol. The molecule has 9 N–H and O–H groups in total. The van der Waals surface area contributed by atoms with E-state index in [2.05, 4.69) is 18.9 Å². The van der Waals surface area contributed by atoms with Crippen LogP contribution in [0, 0.1) is 0 Å². The third-order valence-electron chi connectivity index (χ3n) is 0.879. The summed E-state index contributed by atoms with van der Waals surface area (Å²) in [5, 5.41) is 0. The Kier molecular flexibility index (Phi) is 5.34. The van der Waals surface area contributed by atoms with Crippen LogP contribution in [0.15, 0.2) is 0 Å². The quantitative estimate of drug-likeness (QED) is 0.245. The molecule has 0 saturated carbocycles. The highest BCUT2D eigenvalue weighted by Crippen LogP contribution is 2.37. The van der Waals surface area contributed by atoms with Gasteiger partial charge in [0.2, 0.25) is 17.8 Å². The van der Waals surface area contributed by atoms with Crippen molar-refractivity contribution in [2.45, 2.75) is 0 Å². The van der Waals surface area contributed by atoms with Crippen LogP contribution >= 0.6 is 7.82 Å². The highest BCUT2D eigenvalue weighted by Gasteiger charge is 2.22. The third-order valence-corrected chi connectivity index (χ3v) is 2.41. The molecule has 0 bridgehead atoms. The Morgan fingerprint density at radius 1 is 1.00 bits per heavy atom. The molecule has 0 aliphatic rings. The number of rotatable bonds is 2. The summed E-state index contributed by atoms with van der Waals surface area (Å²) in [4.78, 5) is 25.9. The minimum Gasteiger partial charge on any atom is -0.368 e. The van der Waals surface area contributed by atoms with Gasteiger partial charge in [0.25, 0.3) is 0 Å². The van der Waals surface area contributed by atoms with Crippen LogP contribution in [0.4, 0.5) is 17.8 Å². The molecule has 18 heavy (non-hydrogen) atoms. The lowest BCUT2D eigenvalue weighted by molar-refractivity contribution is 0.268. The number of hydrogen-bond acceptors (Lipinski definition) is 10. The second-order valence-electron chi connectivity index (χ2n) is 2.40. The minimum atomic E-state index is -5.13. The molecule has 104 valence electrons. The van der Waals surface area contributed by atoms with Crippen LogP contribution in [0.25, 0.3) is 0 Å². The van der Waals surface area contributed by atoms with Crippen LogP contribution in [-0.2, 0) is 18.9 Å². The van der Waals surface area contributed by atoms with Gasteiger partial charge in [-0.1, -0.05) is 0 Å². The van der Waals surface area contributed by atoms with E-state index in [9.17, 15) is 13.0 Å². The Morgan fingerprint density at radius 2 is 1.28 bits per heavy atom. The average Bonchev–Trinajstić information content (AvgIpc) is 1.92. The van der Waals surface area contributed by atoms with Crippen molar-refractivity contribution in [3.8, 4) is 0 Å². The maximum absolute atomic E-state index is 9.58. The van der Waals surface area contributed by atoms with Gasteiger partial charge in [0.15, 0.2) is 0 Å². The molecule has 13 nitrogen and oxygen atoms in total. The molecule has 0 radical (unpaired) electrons. The van der Waals surface area contributed by atoms with E-state index in [-0.39, 0.29) is 17.8 Å². The predicted octanol–water partition coefficient (Wildman–Crippen LogP) is -2.48. The van der Waals surface area contributed by atoms with Gasteiger partial charge in [-0.05, 0) is 0 Å². The molecular formula is C3H9N6O7PS. The van der Waals surface area contributed by atoms with E-state index < -0.39 is 18.2 Å². The summed E-state index contributed by atoms with van der Waals surface area (Å²) in [5.74, 6) is 0.125. The normalized spacial score (nSPS) is 11.5. The maximum atomic E-state index is 9.58. The van der Waals surface area contributed by atoms with Gasteiger partial charge >= 0.3 is 18.2 Å². The van der Waals surface area contributed by atoms with E-state index in [0.717, 1.165) is 0 Å². The topological polar surface area (TPSA) is 238 Å². The molecule has 0 aromatic carbocycles. The van der Waals surface area contributed by atoms with Crippen LogP contribution in [-0.4, -0.2) is 37.7 Å². The molecule has 15 heteroatoms. The van der Waals surface area contributed by atoms with E-state index in [1.807, 2.05) is 0 Å². The molecule has 0 aliphatic heterocycles. The van der Waals surface area contributed by atoms with Crippen molar-refractivity contribution in [1.29, 1.82) is 0 Å². The second kappa shape index (κ2) is 5.85. The van der Waals surface area contributed by atoms with Crippen molar-refractivity contribution in [1.82, 2.24) is 15.0 Å². The lowest BCUT2D eigenvalue weighted by Crippen LogP contribution is -2.05. The predicted molar refractivity (Wildman–Crippen MR) is 57.7 cm³/mol. The molecule has 0 amide bonds. The minimum absolute atomic E-state index is 0.0417. The van der Waals surface area contributed by atoms with Crippen LogP contribution in [0.3, 0.4) is 0 Å². The summed E-state index contributed by atoms with van der Waals surface area (Å²) in [6.07, 6.45) is 0. The van der Waals surface area contributed by atoms with Gasteiger partial charge in [-0.2, -0.15) is 23.4 Å². The molecule has 0 aliphatic carbocycles. The first-order chi connectivity index (χ1) is 7.89. The molecule has 0 spiro atoms. The molecule has 0 unspecified atom stereocenters. The van der Waals surface area contributed by atoms with Gasteiger partial charge in [0, 0.05) is 0 Å². The van der Waals surface area contributed by atoms with Gasteiger partial charge in [-0.25, -0.2) is 4.57 Å². The summed E-state index contributed by atoms with van der Waals surface area (Å²) in [5.41, 5.74) is 15.4. The zero-order chi connectivity index (χ0) is 14.6. The van der Waals surface area contributed by atoms with Gasteiger partial charge in [-0.3, -0.25) is 4.55 Å². The number of nitrogen functional groups attached to an aromatic ring is 3. The Balaban J connectivity index is 0.000000321. The van der Waals surface area contributed by atoms with E-state index in [0.29, 0.717) is 0 Å². The van der Waals surface area contributed by atoms with Crippen molar-refractivity contribution >= 4 is 36.1 Å². The average molecular weight is 304 g/mol. The molecular weight excluding hydrogens is 295 g/mol. The Bertz CT molecular complexity index is 504. The van der Waals surface area contributed by atoms with Gasteiger partial charge in [-0.15, -0.1) is 3.97 Å². The summed E-state index contributed by atoms with van der Waals surface area (Å²) in [6, 6.07) is 0. The highest BCUT2D eigenvalue weighted by atomic mass is 32.3.